The molecule has 0 aromatic carbocycles. The van der Waals surface area contributed by atoms with Gasteiger partial charge in [0.2, 0.25) is 0 Å². The van der Waals surface area contributed by atoms with Crippen LogP contribution in [0.25, 0.3) is 0 Å². The van der Waals surface area contributed by atoms with Gasteiger partial charge in [-0.05, 0) is 33.2 Å². The van der Waals surface area contributed by atoms with Gasteiger partial charge >= 0.3 is 5.97 Å². The molecule has 0 bridgehead atoms. The molecule has 2 heterocycles. The van der Waals surface area contributed by atoms with Crippen molar-refractivity contribution < 1.29 is 19.2 Å². The van der Waals surface area contributed by atoms with Crippen LogP contribution in [0.3, 0.4) is 0 Å². The van der Waals surface area contributed by atoms with Gasteiger partial charge in [0.05, 0.1) is 18.9 Å². The molecule has 1 aromatic heterocycles. The number of rotatable bonds is 3. The van der Waals surface area contributed by atoms with Crippen LogP contribution >= 0.6 is 0 Å². The number of piperidine rings is 1. The quantitative estimate of drug-likeness (QED) is 0.817. The molecule has 0 unspecified atom stereocenters. The number of aliphatic hydroxyl groups is 1. The minimum absolute atomic E-state index is 0.390. The van der Waals surface area contributed by atoms with Crippen LogP contribution in [0.15, 0.2) is 4.52 Å². The van der Waals surface area contributed by atoms with Crippen molar-refractivity contribution in [1.29, 1.82) is 0 Å². The molecule has 2 atom stereocenters. The molecule has 106 valence electrons. The Morgan fingerprint density at radius 3 is 2.89 bits per heavy atom. The van der Waals surface area contributed by atoms with Crippen molar-refractivity contribution in [2.45, 2.75) is 45.4 Å². The average molecular weight is 268 g/mol. The molecule has 0 saturated carbocycles. The molecular weight excluding hydrogens is 248 g/mol. The molecule has 6 heteroatoms. The summed E-state index contributed by atoms with van der Waals surface area (Å²) in [5, 5.41) is 13.9. The Morgan fingerprint density at radius 1 is 1.58 bits per heavy atom. The summed E-state index contributed by atoms with van der Waals surface area (Å²) in [5.74, 6) is 0.361. The van der Waals surface area contributed by atoms with Crippen molar-refractivity contribution in [3.05, 3.63) is 17.0 Å². The number of hydrogen-bond acceptors (Lipinski definition) is 6. The predicted octanol–water partition coefficient (Wildman–Crippen LogP) is 0.790. The molecule has 1 aliphatic rings. The molecule has 6 nitrogen and oxygen atoms in total. The van der Waals surface area contributed by atoms with Crippen LogP contribution in [0.5, 0.6) is 0 Å². The number of carbonyl (C=O) groups excluding carboxylic acids is 1. The van der Waals surface area contributed by atoms with Gasteiger partial charge in [-0.25, -0.2) is 0 Å². The third-order valence-electron chi connectivity index (χ3n) is 3.69. The second-order valence-corrected chi connectivity index (χ2v) is 4.95. The Morgan fingerprint density at radius 2 is 2.32 bits per heavy atom. The molecule has 0 amide bonds. The first kappa shape index (κ1) is 14.0. The van der Waals surface area contributed by atoms with E-state index in [9.17, 15) is 9.90 Å². The lowest BCUT2D eigenvalue weighted by Crippen LogP contribution is -2.52. The van der Waals surface area contributed by atoms with E-state index < -0.39 is 12.1 Å². The molecular formula is C13H20N2O4. The zero-order chi connectivity index (χ0) is 14.0. The Bertz CT molecular complexity index is 438. The van der Waals surface area contributed by atoms with E-state index in [1.54, 1.807) is 0 Å². The van der Waals surface area contributed by atoms with Crippen LogP contribution in [0.4, 0.5) is 0 Å². The fourth-order valence-electron chi connectivity index (χ4n) is 2.58. The number of methoxy groups -OCH3 is 1. The second-order valence-electron chi connectivity index (χ2n) is 4.95. The Labute approximate surface area is 112 Å². The summed E-state index contributed by atoms with van der Waals surface area (Å²) in [6.45, 7) is 5.01. The number of carbonyl (C=O) groups is 1. The van der Waals surface area contributed by atoms with Crippen LogP contribution in [0.1, 0.15) is 29.9 Å². The number of aromatic nitrogens is 1. The molecule has 0 spiro atoms. The van der Waals surface area contributed by atoms with E-state index in [1.807, 2.05) is 18.7 Å². The summed E-state index contributed by atoms with van der Waals surface area (Å²) in [6.07, 6.45) is 0.803. The Hall–Kier alpha value is -1.40. The van der Waals surface area contributed by atoms with Crippen molar-refractivity contribution in [2.24, 2.45) is 0 Å². The minimum Gasteiger partial charge on any atom is -0.468 e. The van der Waals surface area contributed by atoms with Crippen molar-refractivity contribution in [1.82, 2.24) is 10.1 Å². The summed E-state index contributed by atoms with van der Waals surface area (Å²) in [5.41, 5.74) is 1.80. The maximum Gasteiger partial charge on any atom is 0.325 e. The summed E-state index contributed by atoms with van der Waals surface area (Å²) in [7, 11) is 1.34. The molecule has 0 radical (unpaired) electrons. The number of likely N-dealkylation sites (tertiary alicyclic amines) is 1. The maximum absolute atomic E-state index is 11.8. The molecule has 1 fully saturated rings. The van der Waals surface area contributed by atoms with Crippen LogP contribution in [-0.2, 0) is 16.1 Å². The molecule has 1 aromatic rings. The van der Waals surface area contributed by atoms with E-state index in [0.29, 0.717) is 13.0 Å². The highest BCUT2D eigenvalue weighted by Crippen LogP contribution is 2.23. The van der Waals surface area contributed by atoms with Crippen molar-refractivity contribution in [2.75, 3.05) is 13.7 Å². The van der Waals surface area contributed by atoms with Crippen LogP contribution in [0, 0.1) is 13.8 Å². The number of hydrogen-bond donors (Lipinski definition) is 1. The summed E-state index contributed by atoms with van der Waals surface area (Å²) < 4.78 is 9.92. The van der Waals surface area contributed by atoms with E-state index in [2.05, 4.69) is 5.16 Å². The normalized spacial score (nSPS) is 24.4. The fourth-order valence-corrected chi connectivity index (χ4v) is 2.58. The van der Waals surface area contributed by atoms with Gasteiger partial charge in [-0.15, -0.1) is 0 Å². The van der Waals surface area contributed by atoms with Crippen LogP contribution in [-0.4, -0.2) is 46.9 Å². The second kappa shape index (κ2) is 5.71. The minimum atomic E-state index is -0.679. The number of ether oxygens (including phenoxy) is 1. The molecule has 1 saturated heterocycles. The van der Waals surface area contributed by atoms with Gasteiger partial charge in [0, 0.05) is 12.1 Å². The smallest absolute Gasteiger partial charge is 0.325 e. The van der Waals surface area contributed by atoms with E-state index in [4.69, 9.17) is 9.26 Å². The lowest BCUT2D eigenvalue weighted by molar-refractivity contribution is -0.154. The topological polar surface area (TPSA) is 75.8 Å². The average Bonchev–Trinajstić information content (AvgIpc) is 2.70. The summed E-state index contributed by atoms with van der Waals surface area (Å²) in [6, 6.07) is -0.604. The lowest BCUT2D eigenvalue weighted by atomic mass is 9.98. The zero-order valence-corrected chi connectivity index (χ0v) is 11.5. The van der Waals surface area contributed by atoms with Gasteiger partial charge in [0.15, 0.2) is 0 Å². The lowest BCUT2D eigenvalue weighted by Gasteiger charge is -2.36. The van der Waals surface area contributed by atoms with E-state index in [0.717, 1.165) is 30.0 Å². The van der Waals surface area contributed by atoms with Crippen molar-refractivity contribution >= 4 is 5.97 Å². The third-order valence-corrected chi connectivity index (χ3v) is 3.69. The first-order chi connectivity index (χ1) is 9.04. The highest BCUT2D eigenvalue weighted by molar-refractivity contribution is 5.76. The molecule has 0 aliphatic carbocycles. The number of nitrogens with zero attached hydrogens (tertiary/aromatic N) is 2. The SMILES string of the molecule is COC(=O)[C@H]1[C@H](O)CCCN1Cc1c(C)noc1C. The monoisotopic (exact) mass is 268 g/mol. The highest BCUT2D eigenvalue weighted by Gasteiger charge is 2.37. The molecule has 19 heavy (non-hydrogen) atoms. The van der Waals surface area contributed by atoms with E-state index in [-0.39, 0.29) is 5.97 Å². The summed E-state index contributed by atoms with van der Waals surface area (Å²) >= 11 is 0. The molecule has 1 N–H and O–H groups in total. The predicted molar refractivity (Wildman–Crippen MR) is 67.4 cm³/mol. The van der Waals surface area contributed by atoms with Gasteiger partial charge in [-0.2, -0.15) is 0 Å². The zero-order valence-electron chi connectivity index (χ0n) is 11.5. The molecule has 2 rings (SSSR count). The van der Waals surface area contributed by atoms with Crippen molar-refractivity contribution in [3.63, 3.8) is 0 Å². The third kappa shape index (κ3) is 2.79. The van der Waals surface area contributed by atoms with Gasteiger partial charge in [0.25, 0.3) is 0 Å². The van der Waals surface area contributed by atoms with Gasteiger partial charge in [-0.3, -0.25) is 9.69 Å². The fraction of sp³-hybridized carbons (Fsp3) is 0.692. The standard InChI is InChI=1S/C13H20N2O4/c1-8-10(9(2)19-14-8)7-15-6-4-5-11(16)12(15)13(17)18-3/h11-12,16H,4-7H2,1-3H3/t11-,12-/m1/s1. The van der Waals surface area contributed by atoms with Gasteiger partial charge in [-0.1, -0.05) is 5.16 Å². The van der Waals surface area contributed by atoms with Gasteiger partial charge < -0.3 is 14.4 Å². The van der Waals surface area contributed by atoms with Crippen molar-refractivity contribution in [3.8, 4) is 0 Å². The van der Waals surface area contributed by atoms with Crippen LogP contribution < -0.4 is 0 Å². The number of aliphatic hydroxyl groups excluding tert-OH is 1. The first-order valence-electron chi connectivity index (χ1n) is 6.46. The number of esters is 1. The Kier molecular flexibility index (Phi) is 4.21. The number of aryl methyl sites for hydroxylation is 2. The summed E-state index contributed by atoms with van der Waals surface area (Å²) in [4.78, 5) is 13.8. The highest BCUT2D eigenvalue weighted by atomic mass is 16.5. The van der Waals surface area contributed by atoms with E-state index >= 15 is 0 Å². The first-order valence-corrected chi connectivity index (χ1v) is 6.46. The van der Waals surface area contributed by atoms with Gasteiger partial charge in [0.1, 0.15) is 11.8 Å². The maximum atomic E-state index is 11.8. The largest absolute Gasteiger partial charge is 0.468 e. The van der Waals surface area contributed by atoms with Crippen LogP contribution in [0.2, 0.25) is 0 Å². The Balaban J connectivity index is 2.19. The molecule has 1 aliphatic heterocycles. The van der Waals surface area contributed by atoms with E-state index in [1.165, 1.54) is 7.11 Å².